The lowest BCUT2D eigenvalue weighted by Gasteiger charge is -2.20. The number of nitrogens with one attached hydrogen (secondary N) is 2. The monoisotopic (exact) mass is 434 g/mol. The van der Waals surface area contributed by atoms with Gasteiger partial charge < -0.3 is 19.8 Å². The van der Waals surface area contributed by atoms with Crippen LogP contribution in [0.5, 0.6) is 0 Å². The van der Waals surface area contributed by atoms with Crippen LogP contribution in [0.15, 0.2) is 71.3 Å². The Labute approximate surface area is 186 Å². The van der Waals surface area contributed by atoms with Crippen molar-refractivity contribution in [2.75, 3.05) is 11.9 Å². The van der Waals surface area contributed by atoms with Gasteiger partial charge in [0.15, 0.2) is 11.9 Å². The van der Waals surface area contributed by atoms with E-state index in [9.17, 15) is 14.4 Å². The molecule has 3 aromatic rings. The molecular formula is C25H26N2O5. The molecule has 0 radical (unpaired) electrons. The van der Waals surface area contributed by atoms with E-state index in [1.54, 1.807) is 42.5 Å². The van der Waals surface area contributed by atoms with Crippen molar-refractivity contribution in [2.45, 2.75) is 32.9 Å². The summed E-state index contributed by atoms with van der Waals surface area (Å²) in [6, 6.07) is 16.7. The third-order valence-electron chi connectivity index (χ3n) is 4.78. The molecule has 0 saturated carbocycles. The Bertz CT molecular complexity index is 1040. The van der Waals surface area contributed by atoms with Crippen molar-refractivity contribution >= 4 is 23.3 Å². The van der Waals surface area contributed by atoms with E-state index in [0.717, 1.165) is 18.4 Å². The Morgan fingerprint density at radius 3 is 2.28 bits per heavy atom. The summed E-state index contributed by atoms with van der Waals surface area (Å²) in [4.78, 5) is 37.7. The lowest BCUT2D eigenvalue weighted by molar-refractivity contribution is 0.0499. The number of ketones is 1. The minimum Gasteiger partial charge on any atom is -0.462 e. The molecule has 1 heterocycles. The van der Waals surface area contributed by atoms with Crippen LogP contribution in [0.2, 0.25) is 0 Å². The van der Waals surface area contributed by atoms with Crippen LogP contribution in [0.25, 0.3) is 0 Å². The molecule has 32 heavy (non-hydrogen) atoms. The summed E-state index contributed by atoms with van der Waals surface area (Å²) in [6.45, 7) is 4.33. The van der Waals surface area contributed by atoms with E-state index in [-0.39, 0.29) is 11.5 Å². The quantitative estimate of drug-likeness (QED) is 0.210. The first-order valence-electron chi connectivity index (χ1n) is 10.5. The normalized spacial score (nSPS) is 11.4. The van der Waals surface area contributed by atoms with Crippen molar-refractivity contribution in [3.63, 3.8) is 0 Å². The Hall–Kier alpha value is -3.87. The van der Waals surface area contributed by atoms with Gasteiger partial charge in [-0.3, -0.25) is 9.59 Å². The smallest absolute Gasteiger partial charge is 0.338 e. The summed E-state index contributed by atoms with van der Waals surface area (Å²) in [5.41, 5.74) is 2.43. The van der Waals surface area contributed by atoms with Crippen molar-refractivity contribution in [1.29, 1.82) is 0 Å². The Morgan fingerprint density at radius 2 is 1.66 bits per heavy atom. The number of hydrogen-bond donors (Lipinski definition) is 2. The predicted molar refractivity (Wildman–Crippen MR) is 121 cm³/mol. The fourth-order valence-electron chi connectivity index (χ4n) is 2.92. The highest BCUT2D eigenvalue weighted by atomic mass is 16.5. The number of ether oxygens (including phenoxy) is 1. The number of carbonyl (C=O) groups is 3. The molecule has 0 aliphatic rings. The minimum absolute atomic E-state index is 0.0960. The van der Waals surface area contributed by atoms with Crippen LogP contribution < -0.4 is 10.6 Å². The van der Waals surface area contributed by atoms with Crippen molar-refractivity contribution < 1.29 is 23.5 Å². The van der Waals surface area contributed by atoms with Gasteiger partial charge in [0, 0.05) is 11.3 Å². The molecule has 0 fully saturated rings. The number of hydrogen-bond acceptors (Lipinski definition) is 6. The lowest BCUT2D eigenvalue weighted by atomic mass is 10.1. The highest BCUT2D eigenvalue weighted by Crippen LogP contribution is 2.15. The minimum atomic E-state index is -1.04. The first-order chi connectivity index (χ1) is 15.5. The van der Waals surface area contributed by atoms with Crippen LogP contribution in [-0.4, -0.2) is 30.4 Å². The summed E-state index contributed by atoms with van der Waals surface area (Å²) in [5, 5.41) is 5.70. The van der Waals surface area contributed by atoms with E-state index in [2.05, 4.69) is 10.6 Å². The molecule has 7 nitrogen and oxygen atoms in total. The van der Waals surface area contributed by atoms with E-state index in [1.165, 1.54) is 12.3 Å². The molecule has 1 atom stereocenters. The number of unbranched alkanes of at least 4 members (excludes halogenated alkanes) is 1. The highest BCUT2D eigenvalue weighted by molar-refractivity contribution is 6.04. The number of carbonyl (C=O) groups excluding carboxylic acids is 3. The van der Waals surface area contributed by atoms with Crippen molar-refractivity contribution in [3.05, 3.63) is 89.4 Å². The van der Waals surface area contributed by atoms with Crippen LogP contribution in [0.3, 0.4) is 0 Å². The van der Waals surface area contributed by atoms with E-state index >= 15 is 0 Å². The first-order valence-corrected chi connectivity index (χ1v) is 10.5. The standard InChI is InChI=1S/C25H26N2O5/c1-3-4-15-32-25(30)19-11-13-20(14-12-19)26-23(27-24(29)21-6-5-16-31-21)22(28)18-9-7-17(2)8-10-18/h5-14,16,23,26H,3-4,15H2,1-2H3,(H,27,29)/t23-/m0/s1. The highest BCUT2D eigenvalue weighted by Gasteiger charge is 2.24. The van der Waals surface area contributed by atoms with Crippen LogP contribution in [-0.2, 0) is 4.74 Å². The van der Waals surface area contributed by atoms with Gasteiger partial charge in [-0.15, -0.1) is 0 Å². The summed E-state index contributed by atoms with van der Waals surface area (Å²) in [5.74, 6) is -1.14. The summed E-state index contributed by atoms with van der Waals surface area (Å²) < 4.78 is 10.3. The zero-order valence-electron chi connectivity index (χ0n) is 18.1. The van der Waals surface area contributed by atoms with Gasteiger partial charge in [0.25, 0.3) is 5.91 Å². The average molecular weight is 434 g/mol. The van der Waals surface area contributed by atoms with Crippen molar-refractivity contribution in [3.8, 4) is 0 Å². The van der Waals surface area contributed by atoms with Gasteiger partial charge in [-0.2, -0.15) is 0 Å². The third kappa shape index (κ3) is 6.07. The molecule has 0 spiro atoms. The van der Waals surface area contributed by atoms with Crippen molar-refractivity contribution in [1.82, 2.24) is 5.32 Å². The number of anilines is 1. The molecule has 0 aliphatic heterocycles. The number of rotatable bonds is 10. The molecule has 1 aromatic heterocycles. The predicted octanol–water partition coefficient (Wildman–Crippen LogP) is 4.60. The molecule has 0 saturated heterocycles. The molecule has 0 aliphatic carbocycles. The number of furan rings is 1. The molecule has 1 amide bonds. The molecule has 3 rings (SSSR count). The number of Topliss-reactive ketones (excluding diaryl/α,β-unsaturated/α-hetero) is 1. The van der Waals surface area contributed by atoms with Crippen LogP contribution >= 0.6 is 0 Å². The molecule has 0 bridgehead atoms. The van der Waals surface area contributed by atoms with Gasteiger partial charge in [0.05, 0.1) is 18.4 Å². The van der Waals surface area contributed by atoms with E-state index in [4.69, 9.17) is 9.15 Å². The number of amides is 1. The summed E-state index contributed by atoms with van der Waals surface area (Å²) in [7, 11) is 0. The second kappa shape index (κ2) is 10.9. The summed E-state index contributed by atoms with van der Waals surface area (Å²) in [6.07, 6.45) is 2.09. The van der Waals surface area contributed by atoms with Gasteiger partial charge in [-0.05, 0) is 49.7 Å². The maximum absolute atomic E-state index is 13.1. The number of benzene rings is 2. The average Bonchev–Trinajstić information content (AvgIpc) is 3.34. The number of aryl methyl sites for hydroxylation is 1. The van der Waals surface area contributed by atoms with Crippen LogP contribution in [0, 0.1) is 6.92 Å². The van der Waals surface area contributed by atoms with Gasteiger partial charge in [-0.25, -0.2) is 4.79 Å². The van der Waals surface area contributed by atoms with E-state index < -0.39 is 18.0 Å². The largest absolute Gasteiger partial charge is 0.462 e. The van der Waals surface area contributed by atoms with Gasteiger partial charge in [0.1, 0.15) is 0 Å². The zero-order chi connectivity index (χ0) is 22.9. The van der Waals surface area contributed by atoms with Crippen LogP contribution in [0.4, 0.5) is 5.69 Å². The fourth-order valence-corrected chi connectivity index (χ4v) is 2.92. The van der Waals surface area contributed by atoms with Gasteiger partial charge in [-0.1, -0.05) is 43.2 Å². The van der Waals surface area contributed by atoms with E-state index in [1.807, 2.05) is 26.0 Å². The van der Waals surface area contributed by atoms with Crippen LogP contribution in [0.1, 0.15) is 56.6 Å². The molecule has 0 unspecified atom stereocenters. The third-order valence-corrected chi connectivity index (χ3v) is 4.78. The topological polar surface area (TPSA) is 97.6 Å². The molecule has 2 N–H and O–H groups in total. The van der Waals surface area contributed by atoms with E-state index in [0.29, 0.717) is 23.4 Å². The zero-order valence-corrected chi connectivity index (χ0v) is 18.1. The Morgan fingerprint density at radius 1 is 0.969 bits per heavy atom. The second-order valence-electron chi connectivity index (χ2n) is 7.33. The number of esters is 1. The summed E-state index contributed by atoms with van der Waals surface area (Å²) >= 11 is 0. The van der Waals surface area contributed by atoms with Crippen molar-refractivity contribution in [2.24, 2.45) is 0 Å². The SMILES string of the molecule is CCCCOC(=O)c1ccc(N[C@@H](NC(=O)c2ccco2)C(=O)c2ccc(C)cc2)cc1. The first kappa shape index (κ1) is 22.8. The molecule has 166 valence electrons. The molecule has 7 heteroatoms. The second-order valence-corrected chi connectivity index (χ2v) is 7.33. The molecular weight excluding hydrogens is 408 g/mol. The lowest BCUT2D eigenvalue weighted by Crippen LogP contribution is -2.46. The maximum atomic E-state index is 13.1. The molecule has 2 aromatic carbocycles. The van der Waals surface area contributed by atoms with Gasteiger partial charge >= 0.3 is 5.97 Å². The Balaban J connectivity index is 1.75. The fraction of sp³-hybridized carbons (Fsp3) is 0.240. The van der Waals surface area contributed by atoms with Gasteiger partial charge in [0.2, 0.25) is 5.78 Å². The Kier molecular flexibility index (Phi) is 7.80. The maximum Gasteiger partial charge on any atom is 0.338 e.